The molecule has 2 aromatic rings. The summed E-state index contributed by atoms with van der Waals surface area (Å²) >= 11 is 0. The van der Waals surface area contributed by atoms with E-state index in [0.29, 0.717) is 12.5 Å². The van der Waals surface area contributed by atoms with Crippen LogP contribution >= 0.6 is 24.0 Å². The fraction of sp³-hybridized carbons (Fsp3) is 0.438. The van der Waals surface area contributed by atoms with Crippen molar-refractivity contribution in [3.8, 4) is 5.82 Å². The van der Waals surface area contributed by atoms with Gasteiger partial charge in [-0.15, -0.1) is 24.0 Å². The van der Waals surface area contributed by atoms with E-state index in [0.717, 1.165) is 42.2 Å². The molecule has 0 aliphatic rings. The van der Waals surface area contributed by atoms with Crippen LogP contribution in [-0.2, 0) is 6.54 Å². The van der Waals surface area contributed by atoms with E-state index >= 15 is 0 Å². The molecule has 0 aliphatic carbocycles. The molecular weight excluding hydrogens is 403 g/mol. The quantitative estimate of drug-likeness (QED) is 0.321. The predicted octanol–water partition coefficient (Wildman–Crippen LogP) is 2.71. The maximum Gasteiger partial charge on any atom is 0.188 e. The molecule has 0 aliphatic heterocycles. The molecule has 7 heteroatoms. The van der Waals surface area contributed by atoms with Crippen LogP contribution < -0.4 is 11.1 Å². The molecule has 0 spiro atoms. The van der Waals surface area contributed by atoms with Crippen molar-refractivity contribution in [2.24, 2.45) is 10.7 Å². The van der Waals surface area contributed by atoms with E-state index in [2.05, 4.69) is 27.3 Å². The van der Waals surface area contributed by atoms with Crippen LogP contribution in [0.25, 0.3) is 5.82 Å². The second-order valence-electron chi connectivity index (χ2n) is 5.35. The van der Waals surface area contributed by atoms with Crippen LogP contribution in [0.3, 0.4) is 0 Å². The second kappa shape index (κ2) is 9.49. The van der Waals surface area contributed by atoms with Crippen molar-refractivity contribution in [3.63, 3.8) is 0 Å². The summed E-state index contributed by atoms with van der Waals surface area (Å²) < 4.78 is 1.84. The van der Waals surface area contributed by atoms with Crippen molar-refractivity contribution < 1.29 is 0 Å². The predicted molar refractivity (Wildman–Crippen MR) is 104 cm³/mol. The van der Waals surface area contributed by atoms with Crippen LogP contribution in [0.5, 0.6) is 0 Å². The van der Waals surface area contributed by atoms with Gasteiger partial charge in [-0.2, -0.15) is 5.10 Å². The number of rotatable bonds is 6. The summed E-state index contributed by atoms with van der Waals surface area (Å²) in [6.45, 7) is 7.52. The highest BCUT2D eigenvalue weighted by atomic mass is 127. The molecule has 0 unspecified atom stereocenters. The van der Waals surface area contributed by atoms with Crippen molar-refractivity contribution in [2.75, 3.05) is 6.54 Å². The first-order valence-electron chi connectivity index (χ1n) is 7.62. The Morgan fingerprint density at radius 2 is 2.13 bits per heavy atom. The maximum atomic E-state index is 5.81. The second-order valence-corrected chi connectivity index (χ2v) is 5.35. The summed E-state index contributed by atoms with van der Waals surface area (Å²) in [5, 5.41) is 7.52. The van der Waals surface area contributed by atoms with E-state index in [1.54, 1.807) is 0 Å². The van der Waals surface area contributed by atoms with Gasteiger partial charge in [-0.1, -0.05) is 19.4 Å². The highest BCUT2D eigenvalue weighted by molar-refractivity contribution is 14.0. The van der Waals surface area contributed by atoms with Crippen LogP contribution in [0.2, 0.25) is 0 Å². The zero-order valence-corrected chi connectivity index (χ0v) is 16.2. The first kappa shape index (κ1) is 19.4. The Morgan fingerprint density at radius 1 is 1.35 bits per heavy atom. The van der Waals surface area contributed by atoms with Crippen LogP contribution in [0.15, 0.2) is 29.4 Å². The Morgan fingerprint density at radius 3 is 2.70 bits per heavy atom. The Kier molecular flexibility index (Phi) is 8.01. The highest BCUT2D eigenvalue weighted by Crippen LogP contribution is 2.10. The van der Waals surface area contributed by atoms with E-state index in [9.17, 15) is 0 Å². The SMILES string of the molecule is CCCCNC(N)=NCc1ccc(-n2nc(C)cc2C)nc1.I. The number of nitrogens with zero attached hydrogens (tertiary/aromatic N) is 4. The van der Waals surface area contributed by atoms with Gasteiger partial charge in [-0.05, 0) is 38.0 Å². The number of hydrogen-bond donors (Lipinski definition) is 2. The lowest BCUT2D eigenvalue weighted by molar-refractivity contribution is 0.748. The van der Waals surface area contributed by atoms with Gasteiger partial charge in [0.1, 0.15) is 0 Å². The van der Waals surface area contributed by atoms with Crippen molar-refractivity contribution in [1.82, 2.24) is 20.1 Å². The average molecular weight is 428 g/mol. The van der Waals surface area contributed by atoms with Crippen molar-refractivity contribution >= 4 is 29.9 Å². The van der Waals surface area contributed by atoms with Crippen LogP contribution in [0.4, 0.5) is 0 Å². The lowest BCUT2D eigenvalue weighted by atomic mass is 10.3. The minimum Gasteiger partial charge on any atom is -0.370 e. The number of aromatic nitrogens is 3. The zero-order chi connectivity index (χ0) is 15.9. The molecule has 2 rings (SSSR count). The molecule has 126 valence electrons. The van der Waals surface area contributed by atoms with Gasteiger partial charge in [0.25, 0.3) is 0 Å². The first-order chi connectivity index (χ1) is 10.6. The summed E-state index contributed by atoms with van der Waals surface area (Å²) in [6, 6.07) is 5.98. The molecule has 3 N–H and O–H groups in total. The summed E-state index contributed by atoms with van der Waals surface area (Å²) in [5.41, 5.74) is 8.88. The molecular formula is C16H25IN6. The smallest absolute Gasteiger partial charge is 0.188 e. The van der Waals surface area contributed by atoms with Crippen LogP contribution in [-0.4, -0.2) is 27.3 Å². The minimum atomic E-state index is 0. The molecule has 0 radical (unpaired) electrons. The lowest BCUT2D eigenvalue weighted by Crippen LogP contribution is -2.32. The van der Waals surface area contributed by atoms with Crippen LogP contribution in [0.1, 0.15) is 36.7 Å². The number of halogens is 1. The van der Waals surface area contributed by atoms with Gasteiger partial charge in [0.2, 0.25) is 0 Å². The Hall–Kier alpha value is -1.64. The normalized spacial score (nSPS) is 11.2. The van der Waals surface area contributed by atoms with Crippen molar-refractivity contribution in [3.05, 3.63) is 41.3 Å². The van der Waals surface area contributed by atoms with Gasteiger partial charge in [0.15, 0.2) is 11.8 Å². The maximum absolute atomic E-state index is 5.81. The fourth-order valence-corrected chi connectivity index (χ4v) is 2.12. The van der Waals surface area contributed by atoms with Gasteiger partial charge < -0.3 is 11.1 Å². The van der Waals surface area contributed by atoms with Crippen LogP contribution in [0, 0.1) is 13.8 Å². The third kappa shape index (κ3) is 5.81. The summed E-state index contributed by atoms with van der Waals surface area (Å²) in [6.07, 6.45) is 4.04. The molecule has 6 nitrogen and oxygen atoms in total. The number of pyridine rings is 1. The molecule has 0 bridgehead atoms. The third-order valence-electron chi connectivity index (χ3n) is 3.30. The van der Waals surface area contributed by atoms with E-state index in [1.165, 1.54) is 0 Å². The number of aliphatic imine (C=N–C) groups is 1. The topological polar surface area (TPSA) is 81.1 Å². The third-order valence-corrected chi connectivity index (χ3v) is 3.30. The number of hydrogen-bond acceptors (Lipinski definition) is 3. The van der Waals surface area contributed by atoms with Gasteiger partial charge in [0.05, 0.1) is 12.2 Å². The standard InChI is InChI=1S/C16H24N6.HI/c1-4-5-8-18-16(17)20-11-14-6-7-15(19-10-14)22-13(3)9-12(2)21-22;/h6-7,9-10H,4-5,8,11H2,1-3H3,(H3,17,18,20);1H. The van der Waals surface area contributed by atoms with Gasteiger partial charge in [-0.25, -0.2) is 14.7 Å². The molecule has 0 atom stereocenters. The summed E-state index contributed by atoms with van der Waals surface area (Å²) in [4.78, 5) is 8.76. The highest BCUT2D eigenvalue weighted by Gasteiger charge is 2.04. The molecule has 0 saturated carbocycles. The van der Waals surface area contributed by atoms with Gasteiger partial charge in [0, 0.05) is 18.4 Å². The molecule has 2 heterocycles. The van der Waals surface area contributed by atoms with Gasteiger partial charge in [-0.3, -0.25) is 0 Å². The van der Waals surface area contributed by atoms with Gasteiger partial charge >= 0.3 is 0 Å². The summed E-state index contributed by atoms with van der Waals surface area (Å²) in [7, 11) is 0. The number of nitrogens with one attached hydrogen (secondary N) is 1. The molecule has 0 amide bonds. The fourth-order valence-electron chi connectivity index (χ4n) is 2.12. The molecule has 2 aromatic heterocycles. The molecule has 23 heavy (non-hydrogen) atoms. The zero-order valence-electron chi connectivity index (χ0n) is 13.9. The van der Waals surface area contributed by atoms with Crippen molar-refractivity contribution in [2.45, 2.75) is 40.2 Å². The number of aryl methyl sites for hydroxylation is 2. The Balaban J connectivity index is 0.00000264. The average Bonchev–Trinajstić information content (AvgIpc) is 2.85. The number of unbranched alkanes of at least 4 members (excludes halogenated alkanes) is 1. The van der Waals surface area contributed by atoms with E-state index in [4.69, 9.17) is 5.73 Å². The lowest BCUT2D eigenvalue weighted by Gasteiger charge is -2.06. The van der Waals surface area contributed by atoms with E-state index in [1.807, 2.05) is 42.9 Å². The summed E-state index contributed by atoms with van der Waals surface area (Å²) in [5.74, 6) is 1.29. The van der Waals surface area contributed by atoms with Crippen molar-refractivity contribution in [1.29, 1.82) is 0 Å². The van der Waals surface area contributed by atoms with E-state index < -0.39 is 0 Å². The molecule has 0 saturated heterocycles. The monoisotopic (exact) mass is 428 g/mol. The number of nitrogens with two attached hydrogens (primary N) is 1. The first-order valence-corrected chi connectivity index (χ1v) is 7.62. The largest absolute Gasteiger partial charge is 0.370 e. The molecule has 0 aromatic carbocycles. The van der Waals surface area contributed by atoms with E-state index in [-0.39, 0.29) is 24.0 Å². The Bertz CT molecular complexity index is 633. The number of guanidine groups is 1. The Labute approximate surface area is 154 Å². The molecule has 0 fully saturated rings. The minimum absolute atomic E-state index is 0.